The van der Waals surface area contributed by atoms with Gasteiger partial charge in [-0.1, -0.05) is 12.1 Å². The number of hydrogen-bond donors (Lipinski definition) is 1. The number of anilines is 1. The summed E-state index contributed by atoms with van der Waals surface area (Å²) in [6.45, 7) is 2.39. The summed E-state index contributed by atoms with van der Waals surface area (Å²) in [5.74, 6) is 0.672. The first-order valence-corrected chi connectivity index (χ1v) is 6.19. The Hall–Kier alpha value is -2.36. The molecule has 1 aromatic heterocycles. The lowest BCUT2D eigenvalue weighted by Gasteiger charge is -2.26. The van der Waals surface area contributed by atoms with Gasteiger partial charge in [0.1, 0.15) is 5.75 Å². The molecule has 1 aliphatic rings. The van der Waals surface area contributed by atoms with Crippen molar-refractivity contribution in [1.29, 1.82) is 0 Å². The maximum absolute atomic E-state index is 12.4. The van der Waals surface area contributed by atoms with Crippen molar-refractivity contribution in [3.63, 3.8) is 0 Å². The van der Waals surface area contributed by atoms with E-state index in [1.807, 2.05) is 37.3 Å². The number of para-hydroxylation sites is 2. The minimum absolute atomic E-state index is 0.0433. The number of hydrogen-bond acceptors (Lipinski definition) is 4. The third-order valence-corrected chi connectivity index (χ3v) is 3.09. The molecule has 0 bridgehead atoms. The van der Waals surface area contributed by atoms with Crippen LogP contribution in [0.4, 0.5) is 5.69 Å². The normalized spacial score (nSPS) is 17.0. The molecule has 0 saturated carbocycles. The van der Waals surface area contributed by atoms with Crippen LogP contribution in [0.5, 0.6) is 5.75 Å². The molecule has 2 heterocycles. The first kappa shape index (κ1) is 11.7. The molecular formula is C15H14N2O2. The van der Waals surface area contributed by atoms with Crippen molar-refractivity contribution in [3.8, 4) is 5.75 Å². The lowest BCUT2D eigenvalue weighted by molar-refractivity contribution is 0.0801. The molecule has 0 saturated heterocycles. The Balaban J connectivity index is 1.83. The number of aryl methyl sites for hydroxylation is 1. The van der Waals surface area contributed by atoms with Crippen LogP contribution >= 0.6 is 0 Å². The molecule has 0 fully saturated rings. The number of carbonyl (C=O) groups excluding carboxylic acids is 1. The Labute approximate surface area is 111 Å². The molecule has 96 valence electrons. The fraction of sp³-hybridized carbons (Fsp3) is 0.200. The minimum atomic E-state index is -0.501. The fourth-order valence-corrected chi connectivity index (χ4v) is 2.13. The number of pyridine rings is 1. The van der Waals surface area contributed by atoms with Gasteiger partial charge in [0.05, 0.1) is 12.2 Å². The van der Waals surface area contributed by atoms with E-state index in [9.17, 15) is 4.79 Å². The highest BCUT2D eigenvalue weighted by Gasteiger charge is 2.26. The van der Waals surface area contributed by atoms with Gasteiger partial charge in [-0.2, -0.15) is 0 Å². The topological polar surface area (TPSA) is 51.2 Å². The van der Waals surface area contributed by atoms with Crippen LogP contribution in [-0.2, 0) is 0 Å². The van der Waals surface area contributed by atoms with Gasteiger partial charge >= 0.3 is 0 Å². The van der Waals surface area contributed by atoms with Crippen molar-refractivity contribution in [2.24, 2.45) is 0 Å². The Morgan fingerprint density at radius 2 is 2.21 bits per heavy atom. The number of carbonyl (C=O) groups is 1. The van der Waals surface area contributed by atoms with Crippen molar-refractivity contribution in [2.75, 3.05) is 11.9 Å². The van der Waals surface area contributed by atoms with Crippen LogP contribution in [0.1, 0.15) is 15.9 Å². The molecule has 4 heteroatoms. The van der Waals surface area contributed by atoms with E-state index in [-0.39, 0.29) is 5.78 Å². The van der Waals surface area contributed by atoms with Gasteiger partial charge in [0.15, 0.2) is 6.10 Å². The number of ether oxygens (including phenoxy) is 1. The standard InChI is InChI=1S/C15H14N2O2/c1-10-6-11(8-16-7-10)15(18)14-9-17-12-4-2-3-5-13(12)19-14/h2-8,14,17H,9H2,1H3. The van der Waals surface area contributed by atoms with Crippen LogP contribution in [0, 0.1) is 6.92 Å². The van der Waals surface area contributed by atoms with E-state index in [4.69, 9.17) is 4.74 Å². The second-order valence-corrected chi connectivity index (χ2v) is 4.60. The highest BCUT2D eigenvalue weighted by molar-refractivity contribution is 6.00. The van der Waals surface area contributed by atoms with E-state index in [1.54, 1.807) is 12.4 Å². The Bertz CT molecular complexity index is 625. The molecule has 0 amide bonds. The molecule has 1 atom stereocenters. The summed E-state index contributed by atoms with van der Waals surface area (Å²) in [5.41, 5.74) is 2.48. The number of ketones is 1. The van der Waals surface area contributed by atoms with E-state index in [1.165, 1.54) is 0 Å². The van der Waals surface area contributed by atoms with Crippen LogP contribution < -0.4 is 10.1 Å². The maximum atomic E-state index is 12.4. The molecule has 3 rings (SSSR count). The zero-order chi connectivity index (χ0) is 13.2. The van der Waals surface area contributed by atoms with Crippen LogP contribution in [-0.4, -0.2) is 23.4 Å². The maximum Gasteiger partial charge on any atom is 0.206 e. The summed E-state index contributed by atoms with van der Waals surface area (Å²) < 4.78 is 5.75. The Kier molecular flexibility index (Phi) is 2.91. The first-order chi connectivity index (χ1) is 9.24. The monoisotopic (exact) mass is 254 g/mol. The number of fused-ring (bicyclic) bond motifs is 1. The molecule has 1 aliphatic heterocycles. The predicted molar refractivity (Wildman–Crippen MR) is 72.7 cm³/mol. The second-order valence-electron chi connectivity index (χ2n) is 4.60. The summed E-state index contributed by atoms with van der Waals surface area (Å²) in [4.78, 5) is 16.4. The summed E-state index contributed by atoms with van der Waals surface area (Å²) in [6.07, 6.45) is 2.81. The zero-order valence-electron chi connectivity index (χ0n) is 10.6. The second kappa shape index (κ2) is 4.72. The molecular weight excluding hydrogens is 240 g/mol. The van der Waals surface area contributed by atoms with E-state index in [2.05, 4.69) is 10.3 Å². The molecule has 0 spiro atoms. The lowest BCUT2D eigenvalue weighted by atomic mass is 10.1. The van der Waals surface area contributed by atoms with Gasteiger partial charge in [0.2, 0.25) is 5.78 Å². The van der Waals surface area contributed by atoms with Crippen LogP contribution in [0.15, 0.2) is 42.7 Å². The van der Waals surface area contributed by atoms with Crippen molar-refractivity contribution >= 4 is 11.5 Å². The van der Waals surface area contributed by atoms with Crippen LogP contribution in [0.3, 0.4) is 0 Å². The summed E-state index contributed by atoms with van der Waals surface area (Å²) >= 11 is 0. The first-order valence-electron chi connectivity index (χ1n) is 6.19. The average molecular weight is 254 g/mol. The molecule has 1 unspecified atom stereocenters. The van der Waals surface area contributed by atoms with E-state index >= 15 is 0 Å². The highest BCUT2D eigenvalue weighted by Crippen LogP contribution is 2.29. The van der Waals surface area contributed by atoms with Gasteiger partial charge in [-0.15, -0.1) is 0 Å². The summed E-state index contributed by atoms with van der Waals surface area (Å²) in [6, 6.07) is 9.45. The number of nitrogens with zero attached hydrogens (tertiary/aromatic N) is 1. The number of nitrogens with one attached hydrogen (secondary N) is 1. The molecule has 1 aromatic carbocycles. The molecule has 0 radical (unpaired) electrons. The van der Waals surface area contributed by atoms with E-state index < -0.39 is 6.10 Å². The molecule has 4 nitrogen and oxygen atoms in total. The molecule has 19 heavy (non-hydrogen) atoms. The zero-order valence-corrected chi connectivity index (χ0v) is 10.6. The van der Waals surface area contributed by atoms with Crippen molar-refractivity contribution in [2.45, 2.75) is 13.0 Å². The predicted octanol–water partition coefficient (Wildman–Crippen LogP) is 2.45. The fourth-order valence-electron chi connectivity index (χ4n) is 2.13. The quantitative estimate of drug-likeness (QED) is 0.836. The average Bonchev–Trinajstić information content (AvgIpc) is 2.46. The van der Waals surface area contributed by atoms with Gasteiger partial charge < -0.3 is 10.1 Å². The van der Waals surface area contributed by atoms with E-state index in [0.29, 0.717) is 17.9 Å². The van der Waals surface area contributed by atoms with Gasteiger partial charge in [-0.3, -0.25) is 9.78 Å². The highest BCUT2D eigenvalue weighted by atomic mass is 16.5. The van der Waals surface area contributed by atoms with Crippen molar-refractivity contribution < 1.29 is 9.53 Å². The molecule has 0 aliphatic carbocycles. The number of benzene rings is 1. The molecule has 1 N–H and O–H groups in total. The lowest BCUT2D eigenvalue weighted by Crippen LogP contribution is -2.37. The Morgan fingerprint density at radius 3 is 3.05 bits per heavy atom. The van der Waals surface area contributed by atoms with Crippen molar-refractivity contribution in [3.05, 3.63) is 53.9 Å². The van der Waals surface area contributed by atoms with Crippen LogP contribution in [0.25, 0.3) is 0 Å². The number of Topliss-reactive ketones (excluding diaryl/α,β-unsaturated/α-hetero) is 1. The Morgan fingerprint density at radius 1 is 1.37 bits per heavy atom. The third-order valence-electron chi connectivity index (χ3n) is 3.09. The summed E-state index contributed by atoms with van der Waals surface area (Å²) in [7, 11) is 0. The largest absolute Gasteiger partial charge is 0.478 e. The van der Waals surface area contributed by atoms with Crippen LogP contribution in [0.2, 0.25) is 0 Å². The number of aromatic nitrogens is 1. The smallest absolute Gasteiger partial charge is 0.206 e. The van der Waals surface area contributed by atoms with Gasteiger partial charge in [-0.25, -0.2) is 0 Å². The minimum Gasteiger partial charge on any atom is -0.478 e. The third kappa shape index (κ3) is 2.29. The number of rotatable bonds is 2. The van der Waals surface area contributed by atoms with Gasteiger partial charge in [0, 0.05) is 18.0 Å². The van der Waals surface area contributed by atoms with Crippen molar-refractivity contribution in [1.82, 2.24) is 4.98 Å². The van der Waals surface area contributed by atoms with E-state index in [0.717, 1.165) is 11.3 Å². The summed E-state index contributed by atoms with van der Waals surface area (Å²) in [5, 5.41) is 3.21. The van der Waals surface area contributed by atoms with Gasteiger partial charge in [0.25, 0.3) is 0 Å². The molecule has 2 aromatic rings. The SMILES string of the molecule is Cc1cncc(C(=O)C2CNc3ccccc3O2)c1. The van der Waals surface area contributed by atoms with Gasteiger partial charge in [-0.05, 0) is 30.7 Å².